The smallest absolute Gasteiger partial charge is 0.407 e. The minimum Gasteiger partial charge on any atom is -0.453 e. The van der Waals surface area contributed by atoms with Crippen LogP contribution in [0.3, 0.4) is 0 Å². The molecule has 298 valence electrons. The van der Waals surface area contributed by atoms with Crippen molar-refractivity contribution in [1.29, 1.82) is 0 Å². The summed E-state index contributed by atoms with van der Waals surface area (Å²) < 4.78 is 9.35. The first-order valence-electron chi connectivity index (χ1n) is 19.0. The van der Waals surface area contributed by atoms with Gasteiger partial charge in [0.05, 0.1) is 62.5 Å². The van der Waals surface area contributed by atoms with Crippen LogP contribution in [-0.2, 0) is 25.6 Å². The number of imidazole rings is 2. The molecule has 58 heavy (non-hydrogen) atoms. The van der Waals surface area contributed by atoms with Gasteiger partial charge >= 0.3 is 12.2 Å². The summed E-state index contributed by atoms with van der Waals surface area (Å²) in [4.78, 5) is 77.8. The first kappa shape index (κ1) is 39.1. The second-order valence-electron chi connectivity index (χ2n) is 13.8. The Hall–Kier alpha value is -7.10. The molecule has 4 amide bonds. The van der Waals surface area contributed by atoms with Crippen LogP contribution in [0.15, 0.2) is 91.6 Å². The molecule has 1 aliphatic heterocycles. The summed E-state index contributed by atoms with van der Waals surface area (Å²) >= 11 is 0. The average molecular weight is 785 g/mol. The van der Waals surface area contributed by atoms with Gasteiger partial charge in [-0.05, 0) is 58.9 Å². The van der Waals surface area contributed by atoms with E-state index in [-0.39, 0.29) is 30.9 Å². The van der Waals surface area contributed by atoms with Crippen molar-refractivity contribution in [3.8, 4) is 33.6 Å². The number of benzene rings is 3. The number of fused-ring (bicyclic) bond motifs is 1. The van der Waals surface area contributed by atoms with E-state index in [9.17, 15) is 19.2 Å². The number of hydrogen-bond acceptors (Lipinski definition) is 10. The van der Waals surface area contributed by atoms with E-state index in [1.807, 2.05) is 25.1 Å². The lowest BCUT2D eigenvalue weighted by atomic mass is 9.98. The molecule has 7 rings (SSSR count). The van der Waals surface area contributed by atoms with Crippen molar-refractivity contribution in [2.45, 2.75) is 44.8 Å². The van der Waals surface area contributed by atoms with Gasteiger partial charge in [0.15, 0.2) is 6.04 Å². The zero-order chi connectivity index (χ0) is 40.6. The van der Waals surface area contributed by atoms with Crippen LogP contribution in [0, 0.1) is 0 Å². The number of rotatable bonds is 13. The minimum absolute atomic E-state index is 0.152. The predicted molar refractivity (Wildman–Crippen MR) is 215 cm³/mol. The first-order chi connectivity index (χ1) is 28.2. The van der Waals surface area contributed by atoms with E-state index < -0.39 is 18.2 Å². The Morgan fingerprint density at radius 2 is 1.52 bits per heavy atom. The van der Waals surface area contributed by atoms with E-state index in [0.717, 1.165) is 57.3 Å². The van der Waals surface area contributed by atoms with Gasteiger partial charge in [0.1, 0.15) is 18.2 Å². The van der Waals surface area contributed by atoms with E-state index in [1.165, 1.54) is 32.8 Å². The molecule has 0 aliphatic carbocycles. The number of H-pyrrole nitrogens is 2. The van der Waals surface area contributed by atoms with Gasteiger partial charge in [-0.25, -0.2) is 19.6 Å². The monoisotopic (exact) mass is 784 g/mol. The van der Waals surface area contributed by atoms with E-state index >= 15 is 0 Å². The highest BCUT2D eigenvalue weighted by Crippen LogP contribution is 2.34. The highest BCUT2D eigenvalue weighted by molar-refractivity contribution is 5.91. The van der Waals surface area contributed by atoms with Crippen LogP contribution >= 0.6 is 0 Å². The van der Waals surface area contributed by atoms with Crippen molar-refractivity contribution < 1.29 is 28.7 Å². The van der Waals surface area contributed by atoms with Crippen molar-refractivity contribution in [3.63, 3.8) is 0 Å². The Morgan fingerprint density at radius 1 is 0.828 bits per heavy atom. The summed E-state index contributed by atoms with van der Waals surface area (Å²) in [5, 5.41) is 7.20. The zero-order valence-electron chi connectivity index (χ0n) is 32.4. The van der Waals surface area contributed by atoms with Gasteiger partial charge in [-0.15, -0.1) is 0 Å². The SMILES string of the molecule is CCCN(Cc1ncc(-c2ccc3cc(-c4ccc(-c5cnc([C@@H]6CCCN6C(=O)C(NC(=O)OC)c6cnccn6)[nH]5)cc4)ccc3c2)[nH]1)C(=O)CNC(=O)OC. The van der Waals surface area contributed by atoms with Crippen LogP contribution in [0.4, 0.5) is 9.59 Å². The molecule has 1 saturated heterocycles. The molecule has 16 heteroatoms. The molecule has 0 saturated carbocycles. The number of nitrogens with zero attached hydrogens (tertiary/aromatic N) is 6. The number of hydrogen-bond donors (Lipinski definition) is 4. The number of carbonyl (C=O) groups excluding carboxylic acids is 4. The summed E-state index contributed by atoms with van der Waals surface area (Å²) in [5.74, 6) is 0.776. The lowest BCUT2D eigenvalue weighted by Gasteiger charge is -2.27. The van der Waals surface area contributed by atoms with Crippen LogP contribution in [0.5, 0.6) is 0 Å². The fourth-order valence-corrected chi connectivity index (χ4v) is 7.13. The molecular formula is C42H44N10O6. The number of methoxy groups -OCH3 is 2. The Kier molecular flexibility index (Phi) is 12.0. The van der Waals surface area contributed by atoms with E-state index in [2.05, 4.69) is 87.7 Å². The summed E-state index contributed by atoms with van der Waals surface area (Å²) in [7, 11) is 2.50. The highest BCUT2D eigenvalue weighted by Gasteiger charge is 2.37. The molecule has 0 spiro atoms. The molecule has 0 radical (unpaired) electrons. The molecule has 0 bridgehead atoms. The molecule has 1 fully saturated rings. The Bertz CT molecular complexity index is 2400. The first-order valence-corrected chi connectivity index (χ1v) is 19.0. The molecule has 6 aromatic rings. The quantitative estimate of drug-likeness (QED) is 0.109. The molecule has 1 unspecified atom stereocenters. The van der Waals surface area contributed by atoms with E-state index in [0.29, 0.717) is 36.9 Å². The lowest BCUT2D eigenvalue weighted by molar-refractivity contribution is -0.134. The van der Waals surface area contributed by atoms with Crippen LogP contribution in [-0.4, -0.2) is 97.6 Å². The summed E-state index contributed by atoms with van der Waals surface area (Å²) in [6.45, 7) is 3.15. The van der Waals surface area contributed by atoms with Crippen LogP contribution in [0.25, 0.3) is 44.4 Å². The summed E-state index contributed by atoms with van der Waals surface area (Å²) in [5.41, 5.74) is 6.03. The molecule has 3 aromatic heterocycles. The largest absolute Gasteiger partial charge is 0.453 e. The highest BCUT2D eigenvalue weighted by atomic mass is 16.5. The number of alkyl carbamates (subject to hydrolysis) is 2. The fraction of sp³-hybridized carbons (Fsp3) is 0.286. The third-order valence-corrected chi connectivity index (χ3v) is 10.1. The van der Waals surface area contributed by atoms with Gasteiger partial charge < -0.3 is 39.9 Å². The van der Waals surface area contributed by atoms with Crippen molar-refractivity contribution in [2.75, 3.05) is 33.9 Å². The minimum atomic E-state index is -1.05. The van der Waals surface area contributed by atoms with Crippen LogP contribution in [0.2, 0.25) is 0 Å². The van der Waals surface area contributed by atoms with Gasteiger partial charge in [0.25, 0.3) is 5.91 Å². The summed E-state index contributed by atoms with van der Waals surface area (Å²) in [6, 6.07) is 19.5. The zero-order valence-corrected chi connectivity index (χ0v) is 32.4. The summed E-state index contributed by atoms with van der Waals surface area (Å²) in [6.07, 6.45) is 8.85. The number of carbonyl (C=O) groups is 4. The number of amides is 4. The molecule has 3 aromatic carbocycles. The standard InChI is InChI=1S/C42H44N10O6/c1-4-17-51(37(53)24-47-41(55)57-2)25-36-45-22-33(48-36)31-14-13-29-19-28(11-12-30(29)20-31)26-7-9-27(10-8-26)32-23-46-39(49-32)35-6-5-18-52(35)40(54)38(50-42(56)58-3)34-21-43-15-16-44-34/h7-16,19-23,35,38H,4-6,17-18,24-25H2,1-3H3,(H,45,48)(H,46,49)(H,47,55)(H,50,56)/t35-,38?/m0/s1. The van der Waals surface area contributed by atoms with Gasteiger partial charge in [0.2, 0.25) is 5.91 Å². The normalized spacial score (nSPS) is 14.2. The van der Waals surface area contributed by atoms with Crippen molar-refractivity contribution in [1.82, 2.24) is 50.3 Å². The maximum atomic E-state index is 13.8. The fourth-order valence-electron chi connectivity index (χ4n) is 7.13. The number of aromatic nitrogens is 6. The second-order valence-corrected chi connectivity index (χ2v) is 13.8. The molecule has 2 atom stereocenters. The lowest BCUT2D eigenvalue weighted by Crippen LogP contribution is -2.43. The van der Waals surface area contributed by atoms with Gasteiger partial charge in [-0.2, -0.15) is 0 Å². The van der Waals surface area contributed by atoms with Crippen molar-refractivity contribution in [2.24, 2.45) is 0 Å². The molecule has 4 N–H and O–H groups in total. The topological polar surface area (TPSA) is 200 Å². The third kappa shape index (κ3) is 8.80. The number of likely N-dealkylation sites (tertiary alicyclic amines) is 1. The second kappa shape index (κ2) is 17.8. The Labute approximate surface area is 334 Å². The molecular weight excluding hydrogens is 741 g/mol. The van der Waals surface area contributed by atoms with Gasteiger partial charge in [-0.3, -0.25) is 19.6 Å². The third-order valence-electron chi connectivity index (χ3n) is 10.1. The average Bonchev–Trinajstić information content (AvgIpc) is 4.06. The molecule has 4 heterocycles. The molecule has 1 aliphatic rings. The van der Waals surface area contributed by atoms with Gasteiger partial charge in [-0.1, -0.05) is 55.5 Å². The van der Waals surface area contributed by atoms with Crippen LogP contribution in [0.1, 0.15) is 55.6 Å². The number of nitrogens with one attached hydrogen (secondary N) is 4. The van der Waals surface area contributed by atoms with Crippen LogP contribution < -0.4 is 10.6 Å². The van der Waals surface area contributed by atoms with Crippen molar-refractivity contribution >= 4 is 34.8 Å². The Morgan fingerprint density at radius 3 is 2.24 bits per heavy atom. The van der Waals surface area contributed by atoms with E-state index in [4.69, 9.17) is 4.74 Å². The molecule has 16 nitrogen and oxygen atoms in total. The van der Waals surface area contributed by atoms with Gasteiger partial charge in [0, 0.05) is 31.0 Å². The maximum Gasteiger partial charge on any atom is 0.407 e. The predicted octanol–water partition coefficient (Wildman–Crippen LogP) is 5.93. The van der Waals surface area contributed by atoms with Crippen molar-refractivity contribution in [3.05, 3.63) is 109 Å². The number of ether oxygens (including phenoxy) is 2. The number of aromatic amines is 2. The maximum absolute atomic E-state index is 13.8. The van der Waals surface area contributed by atoms with E-state index in [1.54, 1.807) is 22.2 Å². The Balaban J connectivity index is 1.01.